The fourth-order valence-corrected chi connectivity index (χ4v) is 1.78. The normalized spacial score (nSPS) is 10.2. The number of benzene rings is 1. The van der Waals surface area contributed by atoms with Crippen LogP contribution in [0.4, 0.5) is 0 Å². The predicted octanol–water partition coefficient (Wildman–Crippen LogP) is 1.37. The summed E-state index contributed by atoms with van der Waals surface area (Å²) in [6.45, 7) is 2.14. The third-order valence-corrected chi connectivity index (χ3v) is 2.96. The Labute approximate surface area is 121 Å². The van der Waals surface area contributed by atoms with Crippen molar-refractivity contribution in [2.24, 2.45) is 0 Å². The van der Waals surface area contributed by atoms with E-state index in [9.17, 15) is 9.59 Å². The van der Waals surface area contributed by atoms with Gasteiger partial charge >= 0.3 is 5.97 Å². The quantitative estimate of drug-likeness (QED) is 0.773. The monoisotopic (exact) mass is 289 g/mol. The van der Waals surface area contributed by atoms with Crippen molar-refractivity contribution < 1.29 is 18.7 Å². The summed E-state index contributed by atoms with van der Waals surface area (Å²) in [5.74, 6) is -0.302. The highest BCUT2D eigenvalue weighted by molar-refractivity contribution is 5.96. The van der Waals surface area contributed by atoms with Crippen LogP contribution in [0.15, 0.2) is 35.1 Å². The first-order valence-corrected chi connectivity index (χ1v) is 6.38. The number of nitrogens with zero attached hydrogens (tertiary/aromatic N) is 3. The summed E-state index contributed by atoms with van der Waals surface area (Å²) in [6, 6.07) is 6.74. The Morgan fingerprint density at radius 2 is 2.00 bits per heavy atom. The zero-order chi connectivity index (χ0) is 15.2. The zero-order valence-corrected chi connectivity index (χ0v) is 11.8. The molecule has 7 heteroatoms. The minimum atomic E-state index is -0.451. The van der Waals surface area contributed by atoms with Gasteiger partial charge in [-0.15, -0.1) is 10.2 Å². The highest BCUT2D eigenvalue weighted by atomic mass is 16.5. The molecule has 2 rings (SSSR count). The van der Waals surface area contributed by atoms with Gasteiger partial charge in [0.2, 0.25) is 12.3 Å². The predicted molar refractivity (Wildman–Crippen MR) is 73.3 cm³/mol. The van der Waals surface area contributed by atoms with Gasteiger partial charge in [0.15, 0.2) is 0 Å². The molecule has 0 radical (unpaired) electrons. The van der Waals surface area contributed by atoms with Crippen molar-refractivity contribution in [3.8, 4) is 11.5 Å². The van der Waals surface area contributed by atoms with Crippen molar-refractivity contribution in [2.75, 3.05) is 20.2 Å². The highest BCUT2D eigenvalue weighted by Gasteiger charge is 2.17. The van der Waals surface area contributed by atoms with E-state index in [2.05, 4.69) is 14.9 Å². The number of esters is 1. The Bertz CT molecular complexity index is 608. The number of hydrogen-bond donors (Lipinski definition) is 0. The fraction of sp³-hybridized carbons (Fsp3) is 0.286. The zero-order valence-electron chi connectivity index (χ0n) is 11.8. The average molecular weight is 289 g/mol. The topological polar surface area (TPSA) is 85.5 Å². The molecule has 1 aromatic heterocycles. The lowest BCUT2D eigenvalue weighted by Gasteiger charge is -2.19. The van der Waals surface area contributed by atoms with Gasteiger partial charge in [0.1, 0.15) is 6.54 Å². The third kappa shape index (κ3) is 3.44. The van der Waals surface area contributed by atoms with Gasteiger partial charge in [-0.3, -0.25) is 9.59 Å². The number of ether oxygens (including phenoxy) is 1. The standard InChI is InChI=1S/C14H15N3O4/c1-3-17(8-12(18)20-2)14(19)11-6-4-10(5-7-11)13-16-15-9-21-13/h4-7,9H,3,8H2,1-2H3. The third-order valence-electron chi connectivity index (χ3n) is 2.96. The number of hydrogen-bond acceptors (Lipinski definition) is 6. The van der Waals surface area contributed by atoms with Crippen LogP contribution in [0.5, 0.6) is 0 Å². The lowest BCUT2D eigenvalue weighted by Crippen LogP contribution is -2.36. The molecule has 0 saturated heterocycles. The minimum Gasteiger partial charge on any atom is -0.468 e. The van der Waals surface area contributed by atoms with Gasteiger partial charge in [-0.25, -0.2) is 0 Å². The number of rotatable bonds is 5. The van der Waals surface area contributed by atoms with Gasteiger partial charge in [0.05, 0.1) is 7.11 Å². The second kappa shape index (κ2) is 6.65. The summed E-state index contributed by atoms with van der Waals surface area (Å²) in [6.07, 6.45) is 1.24. The van der Waals surface area contributed by atoms with Crippen LogP contribution in [0.1, 0.15) is 17.3 Å². The van der Waals surface area contributed by atoms with Crippen LogP contribution >= 0.6 is 0 Å². The number of amides is 1. The molecule has 0 aliphatic rings. The molecule has 1 amide bonds. The first-order chi connectivity index (χ1) is 10.2. The summed E-state index contributed by atoms with van der Waals surface area (Å²) in [5, 5.41) is 7.39. The summed E-state index contributed by atoms with van der Waals surface area (Å²) in [4.78, 5) is 25.0. The van der Waals surface area contributed by atoms with Crippen molar-refractivity contribution in [2.45, 2.75) is 6.92 Å². The second-order valence-electron chi connectivity index (χ2n) is 4.22. The van der Waals surface area contributed by atoms with Crippen molar-refractivity contribution in [1.29, 1.82) is 0 Å². The van der Waals surface area contributed by atoms with E-state index in [1.54, 1.807) is 31.2 Å². The van der Waals surface area contributed by atoms with E-state index in [0.717, 1.165) is 5.56 Å². The van der Waals surface area contributed by atoms with Crippen LogP contribution in [0, 0.1) is 0 Å². The fourth-order valence-electron chi connectivity index (χ4n) is 1.78. The van der Waals surface area contributed by atoms with E-state index in [1.165, 1.54) is 18.4 Å². The lowest BCUT2D eigenvalue weighted by molar-refractivity contribution is -0.141. The van der Waals surface area contributed by atoms with Gasteiger partial charge in [-0.1, -0.05) is 0 Å². The van der Waals surface area contributed by atoms with Crippen molar-refractivity contribution in [3.63, 3.8) is 0 Å². The molecule has 0 aliphatic heterocycles. The summed E-state index contributed by atoms with van der Waals surface area (Å²) < 4.78 is 9.65. The van der Waals surface area contributed by atoms with Crippen LogP contribution in [-0.2, 0) is 9.53 Å². The van der Waals surface area contributed by atoms with Crippen LogP contribution in [0.25, 0.3) is 11.5 Å². The molecule has 0 saturated carbocycles. The van der Waals surface area contributed by atoms with Crippen LogP contribution < -0.4 is 0 Å². The van der Waals surface area contributed by atoms with E-state index in [1.807, 2.05) is 0 Å². The average Bonchev–Trinajstić information content (AvgIpc) is 3.06. The molecule has 21 heavy (non-hydrogen) atoms. The highest BCUT2D eigenvalue weighted by Crippen LogP contribution is 2.17. The summed E-state index contributed by atoms with van der Waals surface area (Å²) in [5.41, 5.74) is 1.20. The molecule has 0 fully saturated rings. The van der Waals surface area contributed by atoms with Crippen molar-refractivity contribution in [3.05, 3.63) is 36.2 Å². The number of carbonyl (C=O) groups excluding carboxylic acids is 2. The molecule has 0 unspecified atom stereocenters. The Morgan fingerprint density at radius 3 is 2.52 bits per heavy atom. The summed E-state index contributed by atoms with van der Waals surface area (Å²) >= 11 is 0. The summed E-state index contributed by atoms with van der Waals surface area (Å²) in [7, 11) is 1.29. The second-order valence-corrected chi connectivity index (χ2v) is 4.22. The Kier molecular flexibility index (Phi) is 4.65. The first kappa shape index (κ1) is 14.7. The van der Waals surface area contributed by atoms with Gasteiger partial charge in [0, 0.05) is 17.7 Å². The molecule has 7 nitrogen and oxygen atoms in total. The van der Waals surface area contributed by atoms with Gasteiger partial charge in [-0.05, 0) is 31.2 Å². The lowest BCUT2D eigenvalue weighted by atomic mass is 10.1. The van der Waals surface area contributed by atoms with Gasteiger partial charge in [0.25, 0.3) is 5.91 Å². The Morgan fingerprint density at radius 1 is 1.29 bits per heavy atom. The van der Waals surface area contributed by atoms with Crippen LogP contribution in [0.2, 0.25) is 0 Å². The van der Waals surface area contributed by atoms with Crippen molar-refractivity contribution in [1.82, 2.24) is 15.1 Å². The van der Waals surface area contributed by atoms with E-state index < -0.39 is 5.97 Å². The number of carbonyl (C=O) groups is 2. The minimum absolute atomic E-state index is 0.0722. The maximum absolute atomic E-state index is 12.3. The molecular weight excluding hydrogens is 274 g/mol. The van der Waals surface area contributed by atoms with E-state index in [-0.39, 0.29) is 12.5 Å². The van der Waals surface area contributed by atoms with Crippen molar-refractivity contribution >= 4 is 11.9 Å². The molecule has 1 heterocycles. The molecule has 110 valence electrons. The molecule has 0 aliphatic carbocycles. The smallest absolute Gasteiger partial charge is 0.325 e. The molecule has 2 aromatic rings. The largest absolute Gasteiger partial charge is 0.468 e. The van der Waals surface area contributed by atoms with Crippen LogP contribution in [0.3, 0.4) is 0 Å². The van der Waals surface area contributed by atoms with E-state index >= 15 is 0 Å². The van der Waals surface area contributed by atoms with Crippen LogP contribution in [-0.4, -0.2) is 47.2 Å². The number of aromatic nitrogens is 2. The molecule has 0 atom stereocenters. The number of methoxy groups -OCH3 is 1. The van der Waals surface area contributed by atoms with Gasteiger partial charge < -0.3 is 14.1 Å². The Balaban J connectivity index is 2.13. The molecule has 1 aromatic carbocycles. The SMILES string of the molecule is CCN(CC(=O)OC)C(=O)c1ccc(-c2nnco2)cc1. The molecule has 0 spiro atoms. The number of likely N-dealkylation sites (N-methyl/N-ethyl adjacent to an activating group) is 1. The molecule has 0 N–H and O–H groups in total. The van der Waals surface area contributed by atoms with E-state index in [4.69, 9.17) is 4.42 Å². The Hall–Kier alpha value is -2.70. The molecule has 0 bridgehead atoms. The maximum Gasteiger partial charge on any atom is 0.325 e. The van der Waals surface area contributed by atoms with Gasteiger partial charge in [-0.2, -0.15) is 0 Å². The van der Waals surface area contributed by atoms with E-state index in [0.29, 0.717) is 18.0 Å². The molecular formula is C14H15N3O4. The first-order valence-electron chi connectivity index (χ1n) is 6.38. The maximum atomic E-state index is 12.3.